The van der Waals surface area contributed by atoms with Crippen molar-refractivity contribution < 1.29 is 22.7 Å². The topological polar surface area (TPSA) is 86.7 Å². The number of nitrogens with one attached hydrogen (secondary N) is 1. The van der Waals surface area contributed by atoms with E-state index in [1.165, 1.54) is 12.1 Å². The minimum atomic E-state index is -3.76. The Balaban J connectivity index is 1.96. The Bertz CT molecular complexity index is 687. The lowest BCUT2D eigenvalue weighted by atomic mass is 9.86. The Morgan fingerprint density at radius 3 is 2.61 bits per heavy atom. The van der Waals surface area contributed by atoms with Gasteiger partial charge in [0.2, 0.25) is 10.0 Å². The maximum absolute atomic E-state index is 13.5. The van der Waals surface area contributed by atoms with Gasteiger partial charge in [0.1, 0.15) is 5.82 Å². The molecule has 0 saturated heterocycles. The largest absolute Gasteiger partial charge is 0.480 e. The van der Waals surface area contributed by atoms with E-state index in [-0.39, 0.29) is 23.5 Å². The fraction of sp³-hybridized carbons (Fsp3) is 0.533. The third-order valence-electron chi connectivity index (χ3n) is 4.15. The second kappa shape index (κ2) is 6.94. The Hall–Kier alpha value is -1.51. The lowest BCUT2D eigenvalue weighted by Crippen LogP contribution is -2.54. The van der Waals surface area contributed by atoms with E-state index in [0.29, 0.717) is 24.9 Å². The van der Waals surface area contributed by atoms with Crippen molar-refractivity contribution in [3.63, 3.8) is 0 Å². The summed E-state index contributed by atoms with van der Waals surface area (Å²) in [7, 11) is -3.76. The molecule has 2 rings (SSSR count). The molecule has 2 N–H and O–H groups in total. The number of sulfonamides is 1. The number of carboxylic acid groups (broad SMARTS) is 1. The fourth-order valence-electron chi connectivity index (χ4n) is 2.68. The summed E-state index contributed by atoms with van der Waals surface area (Å²) in [4.78, 5) is 12.5. The minimum Gasteiger partial charge on any atom is -0.480 e. The van der Waals surface area contributed by atoms with Crippen LogP contribution in [0, 0.1) is 12.7 Å². The Morgan fingerprint density at radius 2 is 2.09 bits per heavy atom. The maximum Gasteiger partial charge on any atom is 0.317 e. The monoisotopic (exact) mass is 344 g/mol. The molecule has 1 aromatic carbocycles. The first-order chi connectivity index (χ1) is 10.7. The fourth-order valence-corrected chi connectivity index (χ4v) is 3.96. The molecule has 1 saturated carbocycles. The highest BCUT2D eigenvalue weighted by Gasteiger charge is 2.36. The summed E-state index contributed by atoms with van der Waals surface area (Å²) in [6.45, 7) is 3.98. The smallest absolute Gasteiger partial charge is 0.317 e. The molecule has 23 heavy (non-hydrogen) atoms. The van der Waals surface area contributed by atoms with Gasteiger partial charge in [-0.1, -0.05) is 13.0 Å². The molecule has 1 aromatic rings. The van der Waals surface area contributed by atoms with Crippen molar-refractivity contribution in [3.05, 3.63) is 29.6 Å². The van der Waals surface area contributed by atoms with Crippen molar-refractivity contribution >= 4 is 16.0 Å². The van der Waals surface area contributed by atoms with E-state index in [1.54, 1.807) is 11.8 Å². The molecule has 1 aliphatic carbocycles. The van der Waals surface area contributed by atoms with Crippen molar-refractivity contribution in [2.24, 2.45) is 0 Å². The summed E-state index contributed by atoms with van der Waals surface area (Å²) in [5.74, 6) is -1.45. The van der Waals surface area contributed by atoms with E-state index < -0.39 is 21.8 Å². The SMILES string of the molecule is CCN(CC(=O)O)C1CC(NS(=O)(=O)c2ccc(C)c(F)c2)C1. The summed E-state index contributed by atoms with van der Waals surface area (Å²) in [6, 6.07) is 3.62. The maximum atomic E-state index is 13.5. The third-order valence-corrected chi connectivity index (χ3v) is 5.67. The van der Waals surface area contributed by atoms with E-state index in [1.807, 2.05) is 6.92 Å². The number of rotatable bonds is 7. The minimum absolute atomic E-state index is 0.0518. The molecule has 0 aromatic heterocycles. The Kier molecular flexibility index (Phi) is 5.38. The van der Waals surface area contributed by atoms with Crippen LogP contribution in [0.1, 0.15) is 25.3 Å². The lowest BCUT2D eigenvalue weighted by molar-refractivity contribution is -0.139. The standard InChI is InChI=1S/C15H21FN2O4S/c1-3-18(9-15(19)20)12-6-11(7-12)17-23(21,22)13-5-4-10(2)14(16)8-13/h4-5,8,11-12,17H,3,6-7,9H2,1-2H3,(H,19,20). The number of nitrogens with zero attached hydrogens (tertiary/aromatic N) is 1. The zero-order chi connectivity index (χ0) is 17.2. The van der Waals surface area contributed by atoms with Crippen LogP contribution in [0.3, 0.4) is 0 Å². The first-order valence-corrected chi connectivity index (χ1v) is 8.95. The molecule has 0 atom stereocenters. The number of likely N-dealkylation sites (N-methyl/N-ethyl adjacent to an activating group) is 1. The van der Waals surface area contributed by atoms with Gasteiger partial charge in [-0.3, -0.25) is 9.69 Å². The van der Waals surface area contributed by atoms with Crippen LogP contribution in [-0.2, 0) is 14.8 Å². The third kappa shape index (κ3) is 4.27. The van der Waals surface area contributed by atoms with Crippen LogP contribution >= 0.6 is 0 Å². The van der Waals surface area contributed by atoms with E-state index in [9.17, 15) is 17.6 Å². The van der Waals surface area contributed by atoms with Crippen LogP contribution in [0.15, 0.2) is 23.1 Å². The van der Waals surface area contributed by atoms with Crippen molar-refractivity contribution in [1.82, 2.24) is 9.62 Å². The number of benzene rings is 1. The number of halogens is 1. The molecule has 0 radical (unpaired) electrons. The highest BCUT2D eigenvalue weighted by molar-refractivity contribution is 7.89. The number of carbonyl (C=O) groups is 1. The predicted molar refractivity (Wildman–Crippen MR) is 83.2 cm³/mol. The summed E-state index contributed by atoms with van der Waals surface area (Å²) in [6.07, 6.45) is 1.10. The van der Waals surface area contributed by atoms with Gasteiger partial charge in [-0.25, -0.2) is 17.5 Å². The molecule has 0 aliphatic heterocycles. The number of aliphatic carboxylic acids is 1. The van der Waals surface area contributed by atoms with Crippen molar-refractivity contribution in [1.29, 1.82) is 0 Å². The van der Waals surface area contributed by atoms with E-state index in [4.69, 9.17) is 5.11 Å². The molecular formula is C15H21FN2O4S. The zero-order valence-electron chi connectivity index (χ0n) is 13.1. The molecule has 1 aliphatic rings. The summed E-state index contributed by atoms with van der Waals surface area (Å²) >= 11 is 0. The van der Waals surface area contributed by atoms with Crippen LogP contribution in [0.5, 0.6) is 0 Å². The highest BCUT2D eigenvalue weighted by Crippen LogP contribution is 2.27. The second-order valence-electron chi connectivity index (χ2n) is 5.81. The van der Waals surface area contributed by atoms with Gasteiger partial charge in [0.15, 0.2) is 0 Å². The molecule has 0 spiro atoms. The van der Waals surface area contributed by atoms with E-state index in [2.05, 4.69) is 4.72 Å². The lowest BCUT2D eigenvalue weighted by Gasteiger charge is -2.42. The Labute approximate surface area is 135 Å². The molecule has 8 heteroatoms. The number of hydrogen-bond donors (Lipinski definition) is 2. The zero-order valence-corrected chi connectivity index (χ0v) is 13.9. The van der Waals surface area contributed by atoms with Crippen LogP contribution < -0.4 is 4.72 Å². The molecule has 0 amide bonds. The first-order valence-electron chi connectivity index (χ1n) is 7.47. The van der Waals surface area contributed by atoms with E-state index >= 15 is 0 Å². The average Bonchev–Trinajstić information content (AvgIpc) is 2.42. The van der Waals surface area contributed by atoms with Gasteiger partial charge >= 0.3 is 5.97 Å². The van der Waals surface area contributed by atoms with Crippen LogP contribution in [-0.4, -0.2) is 49.6 Å². The van der Waals surface area contributed by atoms with Crippen molar-refractivity contribution in [2.75, 3.05) is 13.1 Å². The molecule has 128 valence electrons. The summed E-state index contributed by atoms with van der Waals surface area (Å²) < 4.78 is 40.5. The molecular weight excluding hydrogens is 323 g/mol. The van der Waals surface area contributed by atoms with E-state index in [0.717, 1.165) is 6.07 Å². The highest BCUT2D eigenvalue weighted by atomic mass is 32.2. The number of aryl methyl sites for hydroxylation is 1. The number of hydrogen-bond acceptors (Lipinski definition) is 4. The molecule has 1 fully saturated rings. The number of carboxylic acids is 1. The van der Waals surface area contributed by atoms with Crippen molar-refractivity contribution in [2.45, 2.75) is 43.7 Å². The van der Waals surface area contributed by atoms with Gasteiger partial charge in [-0.2, -0.15) is 0 Å². The predicted octanol–water partition coefficient (Wildman–Crippen LogP) is 1.35. The van der Waals surface area contributed by atoms with Gasteiger partial charge in [0.05, 0.1) is 11.4 Å². The Morgan fingerprint density at radius 1 is 1.43 bits per heavy atom. The van der Waals surface area contributed by atoms with Gasteiger partial charge in [-0.15, -0.1) is 0 Å². The quantitative estimate of drug-likeness (QED) is 0.780. The first kappa shape index (κ1) is 17.8. The van der Waals surface area contributed by atoms with Crippen LogP contribution in [0.25, 0.3) is 0 Å². The normalized spacial score (nSPS) is 21.2. The van der Waals surface area contributed by atoms with Gasteiger partial charge < -0.3 is 5.11 Å². The average molecular weight is 344 g/mol. The molecule has 0 heterocycles. The molecule has 6 nitrogen and oxygen atoms in total. The molecule has 0 unspecified atom stereocenters. The van der Waals surface area contributed by atoms with Crippen molar-refractivity contribution in [3.8, 4) is 0 Å². The second-order valence-corrected chi connectivity index (χ2v) is 7.53. The van der Waals surface area contributed by atoms with Gasteiger partial charge in [-0.05, 0) is 44.0 Å². The van der Waals surface area contributed by atoms with Crippen LogP contribution in [0.4, 0.5) is 4.39 Å². The summed E-state index contributed by atoms with van der Waals surface area (Å²) in [5.41, 5.74) is 0.389. The van der Waals surface area contributed by atoms with Gasteiger partial charge in [0, 0.05) is 12.1 Å². The molecule has 0 bridgehead atoms. The van der Waals surface area contributed by atoms with Gasteiger partial charge in [0.25, 0.3) is 0 Å². The van der Waals surface area contributed by atoms with Crippen LogP contribution in [0.2, 0.25) is 0 Å². The summed E-state index contributed by atoms with van der Waals surface area (Å²) in [5, 5.41) is 8.84.